The van der Waals surface area contributed by atoms with Crippen LogP contribution in [0.5, 0.6) is 0 Å². The van der Waals surface area contributed by atoms with E-state index in [2.05, 4.69) is 65.0 Å². The van der Waals surface area contributed by atoms with Gasteiger partial charge in [-0.1, -0.05) is 83.0 Å². The van der Waals surface area contributed by atoms with Gasteiger partial charge >= 0.3 is 0 Å². The molecule has 1 atom stereocenters. The van der Waals surface area contributed by atoms with E-state index in [1.165, 1.54) is 5.56 Å². The van der Waals surface area contributed by atoms with E-state index in [1.54, 1.807) is 34.9 Å². The summed E-state index contributed by atoms with van der Waals surface area (Å²) >= 11 is 13.7. The Labute approximate surface area is 260 Å². The van der Waals surface area contributed by atoms with Gasteiger partial charge < -0.3 is 9.80 Å². The summed E-state index contributed by atoms with van der Waals surface area (Å²) in [6.07, 6.45) is 1.14. The van der Waals surface area contributed by atoms with Crippen LogP contribution in [0.2, 0.25) is 10.0 Å². The summed E-state index contributed by atoms with van der Waals surface area (Å²) in [4.78, 5) is 29.8. The molecule has 2 amide bonds. The summed E-state index contributed by atoms with van der Waals surface area (Å²) in [7, 11) is 0. The maximum atomic E-state index is 13.1. The number of aromatic nitrogens is 3. The van der Waals surface area contributed by atoms with Gasteiger partial charge in [0.05, 0.1) is 15.7 Å². The third-order valence-electron chi connectivity index (χ3n) is 7.47. The Morgan fingerprint density at radius 1 is 0.952 bits per heavy atom. The topological polar surface area (TPSA) is 71.3 Å². The fraction of sp³-hybridized carbons (Fsp3) is 0.312. The van der Waals surface area contributed by atoms with Crippen LogP contribution in [0.3, 0.4) is 0 Å². The minimum Gasteiger partial charge on any atom is -0.339 e. The van der Waals surface area contributed by atoms with Gasteiger partial charge in [0.15, 0.2) is 11.0 Å². The molecule has 3 aromatic carbocycles. The van der Waals surface area contributed by atoms with Crippen LogP contribution in [0.4, 0.5) is 0 Å². The van der Waals surface area contributed by atoms with Crippen LogP contribution in [0.1, 0.15) is 41.3 Å². The predicted octanol–water partition coefficient (Wildman–Crippen LogP) is 7.10. The van der Waals surface area contributed by atoms with Crippen molar-refractivity contribution in [3.05, 3.63) is 93.5 Å². The zero-order valence-corrected chi connectivity index (χ0v) is 26.2. The van der Waals surface area contributed by atoms with Crippen LogP contribution in [-0.2, 0) is 4.79 Å². The van der Waals surface area contributed by atoms with Crippen molar-refractivity contribution in [3.63, 3.8) is 0 Å². The van der Waals surface area contributed by atoms with E-state index < -0.39 is 0 Å². The Morgan fingerprint density at radius 2 is 1.71 bits per heavy atom. The molecule has 0 spiro atoms. The molecule has 0 radical (unpaired) electrons. The van der Waals surface area contributed by atoms with E-state index >= 15 is 0 Å². The van der Waals surface area contributed by atoms with Crippen LogP contribution >= 0.6 is 35.0 Å². The molecule has 1 fully saturated rings. The average Bonchev–Trinajstić information content (AvgIpc) is 3.40. The molecule has 1 unspecified atom stereocenters. The number of nitrogens with zero attached hydrogens (tertiary/aromatic N) is 5. The molecule has 5 rings (SSSR count). The second kappa shape index (κ2) is 13.3. The largest absolute Gasteiger partial charge is 0.339 e. The van der Waals surface area contributed by atoms with Gasteiger partial charge in [-0.3, -0.25) is 14.2 Å². The molecule has 0 aliphatic carbocycles. The highest BCUT2D eigenvalue weighted by atomic mass is 35.5. The molecule has 0 N–H and O–H groups in total. The molecule has 4 aromatic rings. The van der Waals surface area contributed by atoms with Crippen molar-refractivity contribution >= 4 is 46.8 Å². The van der Waals surface area contributed by atoms with E-state index in [-0.39, 0.29) is 17.9 Å². The summed E-state index contributed by atoms with van der Waals surface area (Å²) in [5.41, 5.74) is 4.86. The molecule has 218 valence electrons. The van der Waals surface area contributed by atoms with Crippen LogP contribution in [-0.4, -0.2) is 67.8 Å². The van der Waals surface area contributed by atoms with Gasteiger partial charge in [0.1, 0.15) is 0 Å². The highest BCUT2D eigenvalue weighted by Crippen LogP contribution is 2.30. The number of thioether (sulfide) groups is 1. The lowest BCUT2D eigenvalue weighted by Crippen LogP contribution is -2.55. The zero-order chi connectivity index (χ0) is 29.8. The molecule has 1 saturated heterocycles. The highest BCUT2D eigenvalue weighted by Gasteiger charge is 2.30. The lowest BCUT2D eigenvalue weighted by atomic mass is 10.1. The first-order valence-corrected chi connectivity index (χ1v) is 15.7. The first-order chi connectivity index (χ1) is 20.2. The molecular weight excluding hydrogens is 589 g/mol. The number of hydrogen-bond donors (Lipinski definition) is 0. The summed E-state index contributed by atoms with van der Waals surface area (Å²) in [5, 5.41) is 10.7. The predicted molar refractivity (Wildman–Crippen MR) is 170 cm³/mol. The summed E-state index contributed by atoms with van der Waals surface area (Å²) in [6, 6.07) is 21.3. The Kier molecular flexibility index (Phi) is 9.56. The molecule has 10 heteroatoms. The molecule has 42 heavy (non-hydrogen) atoms. The third kappa shape index (κ3) is 6.66. The maximum Gasteiger partial charge on any atom is 0.254 e. The van der Waals surface area contributed by atoms with E-state index in [0.717, 1.165) is 33.5 Å². The Hall–Kier alpha value is -3.33. The Bertz CT molecular complexity index is 1590. The van der Waals surface area contributed by atoms with E-state index in [1.807, 2.05) is 24.0 Å². The first-order valence-electron chi connectivity index (χ1n) is 14.0. The number of carbonyl (C=O) groups is 2. The first kappa shape index (κ1) is 30.1. The van der Waals surface area contributed by atoms with E-state index in [0.29, 0.717) is 48.1 Å². The van der Waals surface area contributed by atoms with Crippen molar-refractivity contribution in [3.8, 4) is 17.1 Å². The van der Waals surface area contributed by atoms with Gasteiger partial charge in [0.25, 0.3) is 5.91 Å². The summed E-state index contributed by atoms with van der Waals surface area (Å²) in [6.45, 7) is 7.60. The number of para-hydroxylation sites is 1. The molecule has 1 aliphatic heterocycles. The minimum absolute atomic E-state index is 0.102. The SMILES string of the molecule is Cc1ccc(-c2nnc(SCCCC(=O)N3CCN(C(=O)c4ccc(Cl)c(Cl)c4)C(C)C3)n2-c2ccccc2C)cc1. The van der Waals surface area contributed by atoms with Crippen molar-refractivity contribution < 1.29 is 9.59 Å². The van der Waals surface area contributed by atoms with E-state index in [4.69, 9.17) is 23.2 Å². The Morgan fingerprint density at radius 3 is 2.43 bits per heavy atom. The standard InChI is InChI=1S/C32H33Cl2N5O2S/c1-21-10-12-24(13-11-21)30-35-36-32(39(30)28-8-5-4-7-22(28)2)42-18-6-9-29(40)37-16-17-38(23(3)20-37)31(41)25-14-15-26(33)27(34)19-25/h4-5,7-8,10-15,19,23H,6,9,16-18,20H2,1-3H3. The van der Waals surface area contributed by atoms with Crippen molar-refractivity contribution in [2.24, 2.45) is 0 Å². The van der Waals surface area contributed by atoms with Gasteiger partial charge in [-0.15, -0.1) is 10.2 Å². The van der Waals surface area contributed by atoms with Crippen molar-refractivity contribution in [2.75, 3.05) is 25.4 Å². The maximum absolute atomic E-state index is 13.1. The smallest absolute Gasteiger partial charge is 0.254 e. The van der Waals surface area contributed by atoms with Crippen LogP contribution in [0.15, 0.2) is 71.9 Å². The van der Waals surface area contributed by atoms with Gasteiger partial charge in [0.2, 0.25) is 5.91 Å². The van der Waals surface area contributed by atoms with Gasteiger partial charge in [-0.25, -0.2) is 0 Å². The number of piperazine rings is 1. The molecule has 1 aromatic heterocycles. The van der Waals surface area contributed by atoms with Crippen molar-refractivity contribution in [1.82, 2.24) is 24.6 Å². The fourth-order valence-corrected chi connectivity index (χ4v) is 6.29. The number of rotatable bonds is 8. The Balaban J connectivity index is 1.19. The normalized spacial score (nSPS) is 15.2. The summed E-state index contributed by atoms with van der Waals surface area (Å²) in [5.74, 6) is 1.52. The van der Waals surface area contributed by atoms with Crippen LogP contribution < -0.4 is 0 Å². The zero-order valence-electron chi connectivity index (χ0n) is 23.9. The second-order valence-electron chi connectivity index (χ2n) is 10.6. The van der Waals surface area contributed by atoms with Crippen molar-refractivity contribution in [2.45, 2.75) is 44.8 Å². The number of amides is 2. The third-order valence-corrected chi connectivity index (χ3v) is 9.23. The highest BCUT2D eigenvalue weighted by molar-refractivity contribution is 7.99. The average molecular weight is 623 g/mol. The fourth-order valence-electron chi connectivity index (χ4n) is 5.11. The molecule has 0 saturated carbocycles. The number of benzene rings is 3. The number of hydrogen-bond acceptors (Lipinski definition) is 5. The minimum atomic E-state index is -0.105. The van der Waals surface area contributed by atoms with E-state index in [9.17, 15) is 9.59 Å². The lowest BCUT2D eigenvalue weighted by molar-refractivity contribution is -0.133. The molecular formula is C32H33Cl2N5O2S. The molecule has 1 aliphatic rings. The molecule has 2 heterocycles. The lowest BCUT2D eigenvalue weighted by Gasteiger charge is -2.40. The quantitative estimate of drug-likeness (QED) is 0.155. The van der Waals surface area contributed by atoms with Crippen molar-refractivity contribution in [1.29, 1.82) is 0 Å². The van der Waals surface area contributed by atoms with Gasteiger partial charge in [0, 0.05) is 49.0 Å². The number of halogens is 2. The monoisotopic (exact) mass is 621 g/mol. The van der Waals surface area contributed by atoms with Crippen LogP contribution in [0.25, 0.3) is 17.1 Å². The number of aryl methyl sites for hydroxylation is 2. The summed E-state index contributed by atoms with van der Waals surface area (Å²) < 4.78 is 2.11. The van der Waals surface area contributed by atoms with Gasteiger partial charge in [-0.05, 0) is 57.0 Å². The second-order valence-corrected chi connectivity index (χ2v) is 12.4. The molecule has 7 nitrogen and oxygen atoms in total. The van der Waals surface area contributed by atoms with Crippen LogP contribution in [0, 0.1) is 13.8 Å². The molecule has 0 bridgehead atoms. The van der Waals surface area contributed by atoms with Gasteiger partial charge in [-0.2, -0.15) is 0 Å². The number of carbonyl (C=O) groups excluding carboxylic acids is 2.